The van der Waals surface area contributed by atoms with Gasteiger partial charge < -0.3 is 10.3 Å². The molecule has 0 saturated heterocycles. The number of thiophene rings is 1. The molecule has 2 N–H and O–H groups in total. The van der Waals surface area contributed by atoms with Crippen LogP contribution >= 0.6 is 11.3 Å². The summed E-state index contributed by atoms with van der Waals surface area (Å²) >= 11 is 1.68. The zero-order valence-corrected chi connectivity index (χ0v) is 11.2. The topological polar surface area (TPSA) is 64.9 Å². The summed E-state index contributed by atoms with van der Waals surface area (Å²) in [4.78, 5) is 6.69. The SMILES string of the molecule is CCC(N)Cc1noc(-c2cc(C)c(C)s2)n1. The van der Waals surface area contributed by atoms with E-state index in [1.165, 1.54) is 10.4 Å². The van der Waals surface area contributed by atoms with Crippen LogP contribution in [0.4, 0.5) is 0 Å². The molecule has 2 aromatic heterocycles. The minimum atomic E-state index is 0.104. The fourth-order valence-corrected chi connectivity index (χ4v) is 2.45. The first-order chi connectivity index (χ1) is 8.10. The van der Waals surface area contributed by atoms with Gasteiger partial charge in [0, 0.05) is 17.3 Å². The summed E-state index contributed by atoms with van der Waals surface area (Å²) < 4.78 is 5.26. The maximum atomic E-state index is 5.86. The largest absolute Gasteiger partial charge is 0.333 e. The van der Waals surface area contributed by atoms with Gasteiger partial charge in [0.05, 0.1) is 4.88 Å². The highest BCUT2D eigenvalue weighted by Crippen LogP contribution is 2.29. The Hall–Kier alpha value is -1.20. The Bertz CT molecular complexity index is 484. The molecule has 5 heteroatoms. The van der Waals surface area contributed by atoms with Crippen LogP contribution in [0.1, 0.15) is 29.6 Å². The molecule has 0 aliphatic carbocycles. The van der Waals surface area contributed by atoms with Crippen LogP contribution in [0.25, 0.3) is 10.8 Å². The van der Waals surface area contributed by atoms with Crippen molar-refractivity contribution in [2.24, 2.45) is 5.73 Å². The third-order valence-corrected chi connectivity index (χ3v) is 3.95. The van der Waals surface area contributed by atoms with Crippen LogP contribution in [-0.4, -0.2) is 16.2 Å². The molecule has 0 aromatic carbocycles. The lowest BCUT2D eigenvalue weighted by Gasteiger charge is -2.02. The first kappa shape index (κ1) is 12.3. The summed E-state index contributed by atoms with van der Waals surface area (Å²) in [6, 6.07) is 2.18. The number of rotatable bonds is 4. The Morgan fingerprint density at radius 2 is 2.24 bits per heavy atom. The van der Waals surface area contributed by atoms with E-state index in [-0.39, 0.29) is 6.04 Å². The monoisotopic (exact) mass is 251 g/mol. The van der Waals surface area contributed by atoms with Gasteiger partial charge >= 0.3 is 0 Å². The van der Waals surface area contributed by atoms with E-state index in [1.807, 2.05) is 0 Å². The maximum Gasteiger partial charge on any atom is 0.268 e. The van der Waals surface area contributed by atoms with Crippen molar-refractivity contribution in [2.75, 3.05) is 0 Å². The number of aryl methyl sites for hydroxylation is 2. The van der Waals surface area contributed by atoms with Gasteiger partial charge in [0.2, 0.25) is 0 Å². The second-order valence-corrected chi connectivity index (χ2v) is 5.49. The molecular weight excluding hydrogens is 234 g/mol. The van der Waals surface area contributed by atoms with Gasteiger partial charge in [-0.1, -0.05) is 12.1 Å². The zero-order chi connectivity index (χ0) is 12.4. The quantitative estimate of drug-likeness (QED) is 0.907. The molecule has 0 aliphatic rings. The first-order valence-electron chi connectivity index (χ1n) is 5.75. The minimum absolute atomic E-state index is 0.104. The molecular formula is C12H17N3OS. The highest BCUT2D eigenvalue weighted by Gasteiger charge is 2.13. The smallest absolute Gasteiger partial charge is 0.268 e. The highest BCUT2D eigenvalue weighted by atomic mass is 32.1. The standard InChI is InChI=1S/C12H17N3OS/c1-4-9(13)6-11-14-12(16-15-11)10-5-7(2)8(3)17-10/h5,9H,4,6,13H2,1-3H3. The fraction of sp³-hybridized carbons (Fsp3) is 0.500. The van der Waals surface area contributed by atoms with E-state index < -0.39 is 0 Å². The van der Waals surface area contributed by atoms with E-state index in [9.17, 15) is 0 Å². The molecule has 2 aromatic rings. The van der Waals surface area contributed by atoms with Gasteiger partial charge in [-0.3, -0.25) is 0 Å². The van der Waals surface area contributed by atoms with E-state index in [4.69, 9.17) is 10.3 Å². The summed E-state index contributed by atoms with van der Waals surface area (Å²) in [6.45, 7) is 6.23. The van der Waals surface area contributed by atoms with Crippen molar-refractivity contribution in [2.45, 2.75) is 39.7 Å². The lowest BCUT2D eigenvalue weighted by Crippen LogP contribution is -2.21. The maximum absolute atomic E-state index is 5.86. The number of hydrogen-bond donors (Lipinski definition) is 1. The van der Waals surface area contributed by atoms with Gasteiger partial charge in [0.15, 0.2) is 5.82 Å². The predicted molar refractivity (Wildman–Crippen MR) is 69.1 cm³/mol. The van der Waals surface area contributed by atoms with Crippen LogP contribution in [0.2, 0.25) is 0 Å². The minimum Gasteiger partial charge on any atom is -0.333 e. The second-order valence-electron chi connectivity index (χ2n) is 4.24. The van der Waals surface area contributed by atoms with Crippen LogP contribution in [0, 0.1) is 13.8 Å². The van der Waals surface area contributed by atoms with Crippen molar-refractivity contribution >= 4 is 11.3 Å². The van der Waals surface area contributed by atoms with Gasteiger partial charge in [-0.25, -0.2) is 0 Å². The molecule has 1 unspecified atom stereocenters. The van der Waals surface area contributed by atoms with E-state index in [0.29, 0.717) is 18.1 Å². The van der Waals surface area contributed by atoms with Crippen molar-refractivity contribution in [3.8, 4) is 10.8 Å². The lowest BCUT2D eigenvalue weighted by atomic mass is 10.2. The summed E-state index contributed by atoms with van der Waals surface area (Å²) in [5.74, 6) is 1.29. The third-order valence-electron chi connectivity index (χ3n) is 2.81. The predicted octanol–water partition coefficient (Wildman–Crippen LogP) is 2.69. The number of nitrogens with zero attached hydrogens (tertiary/aromatic N) is 2. The molecule has 17 heavy (non-hydrogen) atoms. The molecule has 0 aliphatic heterocycles. The van der Waals surface area contributed by atoms with Gasteiger partial charge in [-0.05, 0) is 31.9 Å². The highest BCUT2D eigenvalue weighted by molar-refractivity contribution is 7.15. The van der Waals surface area contributed by atoms with E-state index >= 15 is 0 Å². The van der Waals surface area contributed by atoms with Crippen LogP contribution in [0.3, 0.4) is 0 Å². The van der Waals surface area contributed by atoms with Crippen LogP contribution in [0.15, 0.2) is 10.6 Å². The van der Waals surface area contributed by atoms with Crippen molar-refractivity contribution in [3.63, 3.8) is 0 Å². The molecule has 0 spiro atoms. The molecule has 1 atom stereocenters. The Balaban J connectivity index is 2.18. The van der Waals surface area contributed by atoms with Crippen LogP contribution < -0.4 is 5.73 Å². The number of hydrogen-bond acceptors (Lipinski definition) is 5. The third kappa shape index (κ3) is 2.73. The molecule has 4 nitrogen and oxygen atoms in total. The van der Waals surface area contributed by atoms with E-state index in [1.54, 1.807) is 11.3 Å². The summed E-state index contributed by atoms with van der Waals surface area (Å²) in [5.41, 5.74) is 7.12. The van der Waals surface area contributed by atoms with Crippen LogP contribution in [-0.2, 0) is 6.42 Å². The average Bonchev–Trinajstić information content (AvgIpc) is 2.87. The number of aromatic nitrogens is 2. The molecule has 0 saturated carbocycles. The fourth-order valence-electron chi connectivity index (χ4n) is 1.49. The van der Waals surface area contributed by atoms with Crippen molar-refractivity contribution in [1.82, 2.24) is 10.1 Å². The van der Waals surface area contributed by atoms with Crippen molar-refractivity contribution < 1.29 is 4.52 Å². The molecule has 0 bridgehead atoms. The molecule has 0 fully saturated rings. The molecule has 0 radical (unpaired) electrons. The van der Waals surface area contributed by atoms with Gasteiger partial charge in [0.1, 0.15) is 0 Å². The first-order valence-corrected chi connectivity index (χ1v) is 6.57. The normalized spacial score (nSPS) is 12.9. The Kier molecular flexibility index (Phi) is 3.59. The number of nitrogens with two attached hydrogens (primary N) is 1. The molecule has 2 heterocycles. The van der Waals surface area contributed by atoms with Crippen LogP contribution in [0.5, 0.6) is 0 Å². The Labute approximate surface area is 105 Å². The van der Waals surface area contributed by atoms with Gasteiger partial charge in [-0.15, -0.1) is 11.3 Å². The van der Waals surface area contributed by atoms with Crippen molar-refractivity contribution in [1.29, 1.82) is 0 Å². The van der Waals surface area contributed by atoms with E-state index in [2.05, 4.69) is 37.0 Å². The van der Waals surface area contributed by atoms with Gasteiger partial charge in [-0.2, -0.15) is 4.98 Å². The van der Waals surface area contributed by atoms with Gasteiger partial charge in [0.25, 0.3) is 5.89 Å². The summed E-state index contributed by atoms with van der Waals surface area (Å²) in [6.07, 6.45) is 1.59. The molecule has 0 amide bonds. The summed E-state index contributed by atoms with van der Waals surface area (Å²) in [5, 5.41) is 3.96. The van der Waals surface area contributed by atoms with E-state index in [0.717, 1.165) is 11.3 Å². The summed E-state index contributed by atoms with van der Waals surface area (Å²) in [7, 11) is 0. The molecule has 2 rings (SSSR count). The van der Waals surface area contributed by atoms with Crippen molar-refractivity contribution in [3.05, 3.63) is 22.3 Å². The lowest BCUT2D eigenvalue weighted by molar-refractivity contribution is 0.420. The molecule has 92 valence electrons. The zero-order valence-electron chi connectivity index (χ0n) is 10.4. The average molecular weight is 251 g/mol. The second kappa shape index (κ2) is 4.98. The Morgan fingerprint density at radius 1 is 1.47 bits per heavy atom. The Morgan fingerprint density at radius 3 is 2.82 bits per heavy atom.